The molecule has 3 atom stereocenters. The smallest absolute Gasteiger partial charge is 0.237 e. The Balaban J connectivity index is 0.00000312. The van der Waals surface area contributed by atoms with Gasteiger partial charge in [-0.25, -0.2) is 0 Å². The molecule has 1 aliphatic rings. The highest BCUT2D eigenvalue weighted by Gasteiger charge is 2.25. The zero-order valence-corrected chi connectivity index (χ0v) is 16.5. The van der Waals surface area contributed by atoms with E-state index in [9.17, 15) is 4.79 Å². The third kappa shape index (κ3) is 6.42. The van der Waals surface area contributed by atoms with Crippen molar-refractivity contribution in [2.24, 2.45) is 11.7 Å². The molecule has 1 aliphatic heterocycles. The van der Waals surface area contributed by atoms with Gasteiger partial charge in [-0.3, -0.25) is 9.69 Å². The molecule has 1 amide bonds. The SMILES string of the molecule is CCC(C)C(N)C(=O)NCC(c1cccc(Cl)c1)N1CCOCC1.Cl. The molecule has 25 heavy (non-hydrogen) atoms. The third-order valence-electron chi connectivity index (χ3n) is 4.75. The summed E-state index contributed by atoms with van der Waals surface area (Å²) >= 11 is 6.15. The van der Waals surface area contributed by atoms with Crippen molar-refractivity contribution in [1.82, 2.24) is 10.2 Å². The zero-order chi connectivity index (χ0) is 17.5. The van der Waals surface area contributed by atoms with Gasteiger partial charge in [-0.15, -0.1) is 12.4 Å². The lowest BCUT2D eigenvalue weighted by molar-refractivity contribution is -0.123. The molecule has 1 fully saturated rings. The maximum Gasteiger partial charge on any atom is 0.237 e. The van der Waals surface area contributed by atoms with E-state index in [2.05, 4.69) is 10.2 Å². The van der Waals surface area contributed by atoms with Crippen LogP contribution in [0.15, 0.2) is 24.3 Å². The molecule has 0 aromatic heterocycles. The molecule has 1 saturated heterocycles. The molecule has 0 spiro atoms. The molecule has 7 heteroatoms. The third-order valence-corrected chi connectivity index (χ3v) is 4.98. The van der Waals surface area contributed by atoms with Gasteiger partial charge in [0.1, 0.15) is 0 Å². The van der Waals surface area contributed by atoms with Crippen LogP contribution in [-0.4, -0.2) is 49.7 Å². The fourth-order valence-corrected chi connectivity index (χ4v) is 3.09. The minimum Gasteiger partial charge on any atom is -0.379 e. The monoisotopic (exact) mass is 389 g/mol. The van der Waals surface area contributed by atoms with Crippen LogP contribution in [0.1, 0.15) is 31.9 Å². The van der Waals surface area contributed by atoms with E-state index in [1.807, 2.05) is 38.1 Å². The predicted molar refractivity (Wildman–Crippen MR) is 104 cm³/mol. The minimum absolute atomic E-state index is 0. The van der Waals surface area contributed by atoms with E-state index < -0.39 is 6.04 Å². The van der Waals surface area contributed by atoms with Gasteiger partial charge in [-0.1, -0.05) is 44.0 Å². The Bertz CT molecular complexity index is 539. The lowest BCUT2D eigenvalue weighted by Gasteiger charge is -2.35. The molecule has 0 radical (unpaired) electrons. The summed E-state index contributed by atoms with van der Waals surface area (Å²) in [5.74, 6) is 0.0719. The Morgan fingerprint density at radius 1 is 1.40 bits per heavy atom. The second kappa shape index (κ2) is 11.0. The number of nitrogens with zero attached hydrogens (tertiary/aromatic N) is 1. The first-order valence-electron chi connectivity index (χ1n) is 8.63. The number of morpholine rings is 1. The Hall–Kier alpha value is -0.850. The van der Waals surface area contributed by atoms with E-state index in [-0.39, 0.29) is 30.3 Å². The molecule has 0 bridgehead atoms. The highest BCUT2D eigenvalue weighted by atomic mass is 35.5. The molecule has 142 valence electrons. The molecular formula is C18H29Cl2N3O2. The average molecular weight is 390 g/mol. The fourth-order valence-electron chi connectivity index (χ4n) is 2.89. The first-order valence-corrected chi connectivity index (χ1v) is 9.01. The van der Waals surface area contributed by atoms with Crippen molar-refractivity contribution >= 4 is 29.9 Å². The molecule has 2 rings (SSSR count). The number of carbonyl (C=O) groups is 1. The van der Waals surface area contributed by atoms with Crippen LogP contribution in [0.25, 0.3) is 0 Å². The molecule has 3 unspecified atom stereocenters. The first kappa shape index (κ1) is 22.2. The van der Waals surface area contributed by atoms with E-state index in [1.54, 1.807) is 0 Å². The lowest BCUT2D eigenvalue weighted by atomic mass is 9.99. The van der Waals surface area contributed by atoms with Crippen molar-refractivity contribution in [3.63, 3.8) is 0 Å². The van der Waals surface area contributed by atoms with E-state index in [0.717, 1.165) is 25.1 Å². The zero-order valence-electron chi connectivity index (χ0n) is 14.9. The lowest BCUT2D eigenvalue weighted by Crippen LogP contribution is -2.48. The Morgan fingerprint density at radius 3 is 2.68 bits per heavy atom. The number of ether oxygens (including phenoxy) is 1. The summed E-state index contributed by atoms with van der Waals surface area (Å²) in [5, 5.41) is 3.73. The van der Waals surface area contributed by atoms with E-state index in [1.165, 1.54) is 0 Å². The van der Waals surface area contributed by atoms with Crippen LogP contribution in [0, 0.1) is 5.92 Å². The molecule has 1 aromatic rings. The summed E-state index contributed by atoms with van der Waals surface area (Å²) in [6, 6.07) is 7.41. The number of hydrogen-bond acceptors (Lipinski definition) is 4. The van der Waals surface area contributed by atoms with Gasteiger partial charge in [-0.05, 0) is 23.6 Å². The van der Waals surface area contributed by atoms with E-state index in [0.29, 0.717) is 24.8 Å². The van der Waals surface area contributed by atoms with Gasteiger partial charge in [0.15, 0.2) is 0 Å². The quantitative estimate of drug-likeness (QED) is 0.751. The largest absolute Gasteiger partial charge is 0.379 e. The molecule has 0 aliphatic carbocycles. The van der Waals surface area contributed by atoms with Gasteiger partial charge >= 0.3 is 0 Å². The normalized spacial score (nSPS) is 18.7. The minimum atomic E-state index is -0.472. The number of carbonyl (C=O) groups excluding carboxylic acids is 1. The molecule has 3 N–H and O–H groups in total. The molecule has 5 nitrogen and oxygen atoms in total. The number of amides is 1. The van der Waals surface area contributed by atoms with Crippen LogP contribution in [0.5, 0.6) is 0 Å². The summed E-state index contributed by atoms with van der Waals surface area (Å²) in [7, 11) is 0. The van der Waals surface area contributed by atoms with Crippen molar-refractivity contribution in [1.29, 1.82) is 0 Å². The van der Waals surface area contributed by atoms with Crippen LogP contribution in [0.3, 0.4) is 0 Å². The van der Waals surface area contributed by atoms with Gasteiger partial charge in [0.2, 0.25) is 5.91 Å². The molecule has 1 heterocycles. The van der Waals surface area contributed by atoms with Crippen molar-refractivity contribution in [3.05, 3.63) is 34.9 Å². The van der Waals surface area contributed by atoms with Crippen LogP contribution in [-0.2, 0) is 9.53 Å². The van der Waals surface area contributed by atoms with E-state index >= 15 is 0 Å². The summed E-state index contributed by atoms with van der Waals surface area (Å²) < 4.78 is 5.44. The van der Waals surface area contributed by atoms with Gasteiger partial charge in [0, 0.05) is 24.7 Å². The second-order valence-corrected chi connectivity index (χ2v) is 6.81. The van der Waals surface area contributed by atoms with Crippen molar-refractivity contribution in [2.45, 2.75) is 32.4 Å². The average Bonchev–Trinajstić information content (AvgIpc) is 2.61. The van der Waals surface area contributed by atoms with Gasteiger partial charge in [-0.2, -0.15) is 0 Å². The number of hydrogen-bond donors (Lipinski definition) is 2. The van der Waals surface area contributed by atoms with Gasteiger partial charge < -0.3 is 15.8 Å². The van der Waals surface area contributed by atoms with Crippen LogP contribution in [0.2, 0.25) is 5.02 Å². The fraction of sp³-hybridized carbons (Fsp3) is 0.611. The number of nitrogens with one attached hydrogen (secondary N) is 1. The van der Waals surface area contributed by atoms with Crippen LogP contribution >= 0.6 is 24.0 Å². The molecular weight excluding hydrogens is 361 g/mol. The molecule has 0 saturated carbocycles. The van der Waals surface area contributed by atoms with Crippen LogP contribution < -0.4 is 11.1 Å². The van der Waals surface area contributed by atoms with Gasteiger partial charge in [0.25, 0.3) is 0 Å². The van der Waals surface area contributed by atoms with Gasteiger partial charge in [0.05, 0.1) is 25.3 Å². The van der Waals surface area contributed by atoms with Crippen molar-refractivity contribution in [3.8, 4) is 0 Å². The molecule has 1 aromatic carbocycles. The Labute approximate surface area is 161 Å². The standard InChI is InChI=1S/C18H28ClN3O2.ClH/c1-3-13(2)17(20)18(23)21-12-16(22-7-9-24-10-8-22)14-5-4-6-15(19)11-14;/h4-6,11,13,16-17H,3,7-10,12,20H2,1-2H3,(H,21,23);1H. The highest BCUT2D eigenvalue weighted by molar-refractivity contribution is 6.30. The first-order chi connectivity index (χ1) is 11.5. The number of rotatable bonds is 7. The highest BCUT2D eigenvalue weighted by Crippen LogP contribution is 2.24. The summed E-state index contributed by atoms with van der Waals surface area (Å²) in [6.45, 7) is 7.65. The Morgan fingerprint density at radius 2 is 2.08 bits per heavy atom. The number of nitrogens with two attached hydrogens (primary N) is 1. The Kier molecular flexibility index (Phi) is 9.75. The van der Waals surface area contributed by atoms with Crippen molar-refractivity contribution < 1.29 is 9.53 Å². The second-order valence-electron chi connectivity index (χ2n) is 6.38. The summed E-state index contributed by atoms with van der Waals surface area (Å²) in [4.78, 5) is 14.6. The van der Waals surface area contributed by atoms with E-state index in [4.69, 9.17) is 22.1 Å². The predicted octanol–water partition coefficient (Wildman–Crippen LogP) is 2.62. The maximum absolute atomic E-state index is 12.3. The maximum atomic E-state index is 12.3. The van der Waals surface area contributed by atoms with Crippen LogP contribution in [0.4, 0.5) is 0 Å². The topological polar surface area (TPSA) is 67.6 Å². The summed E-state index contributed by atoms with van der Waals surface area (Å²) in [6.07, 6.45) is 0.885. The number of halogens is 2. The number of benzene rings is 1. The van der Waals surface area contributed by atoms with Crippen molar-refractivity contribution in [2.75, 3.05) is 32.8 Å². The summed E-state index contributed by atoms with van der Waals surface area (Å²) in [5.41, 5.74) is 7.13.